The molecule has 1 aliphatic rings. The van der Waals surface area contributed by atoms with E-state index in [4.69, 9.17) is 9.15 Å². The molecule has 3 aromatic rings. The van der Waals surface area contributed by atoms with Crippen LogP contribution < -0.4 is 10.1 Å². The molecule has 1 fully saturated rings. The second kappa shape index (κ2) is 10.7. The van der Waals surface area contributed by atoms with Crippen molar-refractivity contribution < 1.29 is 45.0 Å². The van der Waals surface area contributed by atoms with Crippen LogP contribution in [0.3, 0.4) is 0 Å². The van der Waals surface area contributed by atoms with Crippen molar-refractivity contribution in [2.75, 3.05) is 31.6 Å². The number of aromatic nitrogens is 2. The Bertz CT molecular complexity index is 1240. The summed E-state index contributed by atoms with van der Waals surface area (Å²) in [5.41, 5.74) is -1.01. The first kappa shape index (κ1) is 26.9. The van der Waals surface area contributed by atoms with Crippen molar-refractivity contribution in [1.82, 2.24) is 14.3 Å². The Hall–Kier alpha value is -3.17. The Labute approximate surface area is 210 Å². The molecule has 1 aliphatic heterocycles. The van der Waals surface area contributed by atoms with Gasteiger partial charge >= 0.3 is 12.5 Å². The Morgan fingerprint density at radius 1 is 1.19 bits per heavy atom. The van der Waals surface area contributed by atoms with Gasteiger partial charge in [0.05, 0.1) is 18.8 Å². The second-order valence-electron chi connectivity index (χ2n) is 8.10. The fourth-order valence-corrected chi connectivity index (χ4v) is 4.31. The molecule has 1 amide bonds. The molecule has 1 saturated heterocycles. The molecule has 200 valence electrons. The number of hydrogen-bond acceptors (Lipinski definition) is 8. The van der Waals surface area contributed by atoms with E-state index in [1.54, 1.807) is 0 Å². The maximum atomic E-state index is 13.6. The minimum Gasteiger partial charge on any atom is -0.451 e. The van der Waals surface area contributed by atoms with Gasteiger partial charge in [-0.15, -0.1) is 13.2 Å². The van der Waals surface area contributed by atoms with E-state index < -0.39 is 41.3 Å². The van der Waals surface area contributed by atoms with Gasteiger partial charge in [0.25, 0.3) is 5.91 Å². The number of carbonyl (C=O) groups is 1. The molecule has 0 spiro atoms. The average molecular weight is 550 g/mol. The number of nitrogens with zero attached hydrogens (tertiary/aromatic N) is 3. The first-order valence-electron chi connectivity index (χ1n) is 10.9. The lowest BCUT2D eigenvalue weighted by Crippen LogP contribution is -2.43. The molecule has 2 aromatic heterocycles. The summed E-state index contributed by atoms with van der Waals surface area (Å²) in [6.07, 6.45) is -9.58. The van der Waals surface area contributed by atoms with Crippen molar-refractivity contribution in [3.8, 4) is 17.1 Å². The molecule has 8 nitrogen and oxygen atoms in total. The number of halogens is 6. The zero-order chi connectivity index (χ0) is 26.8. The highest BCUT2D eigenvalue weighted by Crippen LogP contribution is 2.38. The summed E-state index contributed by atoms with van der Waals surface area (Å²) < 4.78 is 96.5. The molecule has 3 heterocycles. The number of furan rings is 1. The summed E-state index contributed by atoms with van der Waals surface area (Å²) in [4.78, 5) is 19.1. The Morgan fingerprint density at radius 3 is 2.59 bits per heavy atom. The predicted octanol–water partition coefficient (Wildman–Crippen LogP) is 5.23. The summed E-state index contributed by atoms with van der Waals surface area (Å²) in [6, 6.07) is 5.08. The van der Waals surface area contributed by atoms with Crippen molar-refractivity contribution in [2.45, 2.75) is 31.9 Å². The molecule has 1 N–H and O–H groups in total. The van der Waals surface area contributed by atoms with Crippen LogP contribution in [0, 0.1) is 0 Å². The maximum absolute atomic E-state index is 13.6. The molecule has 0 saturated carbocycles. The molecule has 1 atom stereocenters. The highest BCUT2D eigenvalue weighted by Gasteiger charge is 2.41. The quantitative estimate of drug-likeness (QED) is 0.403. The second-order valence-corrected chi connectivity index (χ2v) is 8.85. The van der Waals surface area contributed by atoms with E-state index in [2.05, 4.69) is 24.3 Å². The van der Waals surface area contributed by atoms with Crippen LogP contribution in [0.25, 0.3) is 11.3 Å². The van der Waals surface area contributed by atoms with Crippen LogP contribution in [0.4, 0.5) is 31.5 Å². The van der Waals surface area contributed by atoms with Crippen LogP contribution in [0.2, 0.25) is 0 Å². The lowest BCUT2D eigenvalue weighted by Gasteiger charge is -2.31. The standard InChI is InChI=1S/C22H20F6N4O4S/c1-12(32-5-7-34-8-6-32)9-17-29-20(37-31-17)30-19(33)15-11-16(35-18(15)21(23,24)25)13-3-2-4-14(10-13)36-22(26,27)28/h2-4,10-12H,5-9H2,1H3,(H,29,30,31,33). The third-order valence-corrected chi connectivity index (χ3v) is 6.09. The molecule has 37 heavy (non-hydrogen) atoms. The fraction of sp³-hybridized carbons (Fsp3) is 0.409. The largest absolute Gasteiger partial charge is 0.573 e. The number of amides is 1. The van der Waals surface area contributed by atoms with E-state index in [0.717, 1.165) is 48.9 Å². The van der Waals surface area contributed by atoms with E-state index in [-0.39, 0.29) is 16.7 Å². The van der Waals surface area contributed by atoms with Gasteiger partial charge in [-0.2, -0.15) is 17.5 Å². The smallest absolute Gasteiger partial charge is 0.451 e. The summed E-state index contributed by atoms with van der Waals surface area (Å²) >= 11 is 0.814. The lowest BCUT2D eigenvalue weighted by atomic mass is 10.1. The van der Waals surface area contributed by atoms with Crippen molar-refractivity contribution in [1.29, 1.82) is 0 Å². The number of rotatable bonds is 7. The van der Waals surface area contributed by atoms with Crippen molar-refractivity contribution in [3.63, 3.8) is 0 Å². The van der Waals surface area contributed by atoms with Gasteiger partial charge in [0.15, 0.2) is 0 Å². The highest BCUT2D eigenvalue weighted by atomic mass is 32.1. The molecule has 1 unspecified atom stereocenters. The van der Waals surface area contributed by atoms with E-state index in [9.17, 15) is 31.1 Å². The van der Waals surface area contributed by atoms with Gasteiger partial charge in [-0.3, -0.25) is 15.0 Å². The lowest BCUT2D eigenvalue weighted by molar-refractivity contribution is -0.274. The summed E-state index contributed by atoms with van der Waals surface area (Å²) in [6.45, 7) is 4.72. The zero-order valence-electron chi connectivity index (χ0n) is 19.2. The third-order valence-electron chi connectivity index (χ3n) is 5.42. The van der Waals surface area contributed by atoms with Crippen molar-refractivity contribution >= 4 is 22.6 Å². The van der Waals surface area contributed by atoms with Crippen molar-refractivity contribution in [2.24, 2.45) is 0 Å². The first-order valence-corrected chi connectivity index (χ1v) is 11.7. The summed E-state index contributed by atoms with van der Waals surface area (Å²) in [5, 5.41) is 2.28. The Kier molecular flexibility index (Phi) is 7.75. The van der Waals surface area contributed by atoms with E-state index >= 15 is 0 Å². The minimum atomic E-state index is -5.05. The topological polar surface area (TPSA) is 89.7 Å². The number of morpholine rings is 1. The van der Waals surface area contributed by atoms with Gasteiger partial charge in [-0.1, -0.05) is 12.1 Å². The summed E-state index contributed by atoms with van der Waals surface area (Å²) in [7, 11) is 0. The Morgan fingerprint density at radius 2 is 1.92 bits per heavy atom. The highest BCUT2D eigenvalue weighted by molar-refractivity contribution is 7.09. The number of nitrogens with one attached hydrogen (secondary N) is 1. The molecular weight excluding hydrogens is 530 g/mol. The zero-order valence-corrected chi connectivity index (χ0v) is 20.0. The number of anilines is 1. The molecule has 4 rings (SSSR count). The SMILES string of the molecule is CC(Cc1nsc(NC(=O)c2cc(-c3cccc(OC(F)(F)F)c3)oc2C(F)(F)F)n1)N1CCOCC1. The van der Waals surface area contributed by atoms with Crippen LogP contribution in [0.1, 0.15) is 28.9 Å². The van der Waals surface area contributed by atoms with Crippen molar-refractivity contribution in [3.05, 3.63) is 47.5 Å². The van der Waals surface area contributed by atoms with Gasteiger partial charge < -0.3 is 13.9 Å². The van der Waals surface area contributed by atoms with E-state index in [0.29, 0.717) is 25.5 Å². The number of benzene rings is 1. The normalized spacial score (nSPS) is 16.0. The molecule has 1 aromatic carbocycles. The maximum Gasteiger partial charge on any atom is 0.573 e. The molecule has 0 bridgehead atoms. The van der Waals surface area contributed by atoms with Gasteiger partial charge in [0, 0.05) is 42.6 Å². The summed E-state index contributed by atoms with van der Waals surface area (Å²) in [5.74, 6) is -3.47. The van der Waals surface area contributed by atoms with Crippen LogP contribution >= 0.6 is 11.5 Å². The van der Waals surface area contributed by atoms with Crippen LogP contribution in [0.5, 0.6) is 5.75 Å². The van der Waals surface area contributed by atoms with Crippen LogP contribution in [0.15, 0.2) is 34.7 Å². The molecule has 0 radical (unpaired) electrons. The van der Waals surface area contributed by atoms with Gasteiger partial charge in [-0.25, -0.2) is 4.98 Å². The van der Waals surface area contributed by atoms with Gasteiger partial charge in [0.1, 0.15) is 17.3 Å². The third kappa shape index (κ3) is 6.99. The predicted molar refractivity (Wildman–Crippen MR) is 119 cm³/mol. The van der Waals surface area contributed by atoms with Gasteiger partial charge in [-0.05, 0) is 25.1 Å². The van der Waals surface area contributed by atoms with E-state index in [1.807, 2.05) is 6.92 Å². The average Bonchev–Trinajstić information content (AvgIpc) is 3.46. The number of carbonyl (C=O) groups excluding carboxylic acids is 1. The monoisotopic (exact) mass is 550 g/mol. The number of hydrogen-bond donors (Lipinski definition) is 1. The van der Waals surface area contributed by atoms with Gasteiger partial charge in [0.2, 0.25) is 10.9 Å². The molecule has 15 heteroatoms. The Balaban J connectivity index is 1.51. The van der Waals surface area contributed by atoms with Crippen LogP contribution in [-0.4, -0.2) is 58.9 Å². The molecular formula is C22H20F6N4O4S. The van der Waals surface area contributed by atoms with Crippen LogP contribution in [-0.2, 0) is 17.3 Å². The number of ether oxygens (including phenoxy) is 2. The minimum absolute atomic E-state index is 0.00868. The van der Waals surface area contributed by atoms with E-state index in [1.165, 1.54) is 6.07 Å². The fourth-order valence-electron chi connectivity index (χ4n) is 3.72. The molecule has 0 aliphatic carbocycles. The first-order chi connectivity index (χ1) is 17.4. The number of alkyl halides is 6.